The van der Waals surface area contributed by atoms with Crippen LogP contribution in [0.3, 0.4) is 0 Å². The van der Waals surface area contributed by atoms with Crippen LogP contribution >= 0.6 is 11.3 Å². The van der Waals surface area contributed by atoms with Gasteiger partial charge in [0.05, 0.1) is 30.7 Å². The molecule has 1 aliphatic heterocycles. The van der Waals surface area contributed by atoms with Crippen LogP contribution in [0.15, 0.2) is 58.7 Å². The maximum absolute atomic E-state index is 13.5. The maximum atomic E-state index is 13.5. The number of fused-ring (bicyclic) bond motifs is 2. The lowest BCUT2D eigenvalue weighted by Gasteiger charge is -2.37. The first-order valence-corrected chi connectivity index (χ1v) is 11.6. The third-order valence-electron chi connectivity index (χ3n) is 6.28. The normalized spacial score (nSPS) is 15.4. The number of H-pyrrole nitrogens is 1. The summed E-state index contributed by atoms with van der Waals surface area (Å²) in [6.07, 6.45) is 0.661. The third-order valence-corrected chi connectivity index (χ3v) is 7.14. The van der Waals surface area contributed by atoms with Gasteiger partial charge < -0.3 is 19.4 Å². The lowest BCUT2D eigenvalue weighted by atomic mass is 9.87. The number of ether oxygens (including phenoxy) is 2. The number of para-hydroxylation sites is 1. The molecule has 2 aromatic heterocycles. The fourth-order valence-electron chi connectivity index (χ4n) is 4.65. The van der Waals surface area contributed by atoms with Gasteiger partial charge >= 0.3 is 0 Å². The van der Waals surface area contributed by atoms with Crippen molar-refractivity contribution in [3.63, 3.8) is 0 Å². The van der Waals surface area contributed by atoms with Crippen LogP contribution < -0.4 is 15.0 Å². The number of benzene rings is 2. The Balaban J connectivity index is 1.75. The summed E-state index contributed by atoms with van der Waals surface area (Å²) in [5.41, 5.74) is 4.06. The molecule has 0 saturated heterocycles. The van der Waals surface area contributed by atoms with Gasteiger partial charge in [-0.05, 0) is 65.1 Å². The van der Waals surface area contributed by atoms with Gasteiger partial charge in [-0.1, -0.05) is 24.3 Å². The summed E-state index contributed by atoms with van der Waals surface area (Å²) < 4.78 is 11.1. The number of aromatic amines is 1. The zero-order valence-electron chi connectivity index (χ0n) is 18.7. The molecular formula is C26H24N2O4S. The van der Waals surface area contributed by atoms with Gasteiger partial charge in [-0.3, -0.25) is 9.59 Å². The Kier molecular flexibility index (Phi) is 5.42. The van der Waals surface area contributed by atoms with Crippen molar-refractivity contribution in [1.29, 1.82) is 0 Å². The topological polar surface area (TPSA) is 71.6 Å². The summed E-state index contributed by atoms with van der Waals surface area (Å²) in [7, 11) is 3.19. The summed E-state index contributed by atoms with van der Waals surface area (Å²) in [5, 5.41) is 2.82. The Hall–Kier alpha value is -3.58. The van der Waals surface area contributed by atoms with Crippen LogP contribution in [-0.4, -0.2) is 36.6 Å². The highest BCUT2D eigenvalue weighted by Crippen LogP contribution is 2.41. The van der Waals surface area contributed by atoms with Gasteiger partial charge in [0.1, 0.15) is 0 Å². The summed E-state index contributed by atoms with van der Waals surface area (Å²) in [6.45, 7) is 2.47. The number of aryl methyl sites for hydroxylation is 1. The zero-order chi connectivity index (χ0) is 23.1. The molecule has 2 aromatic carbocycles. The fraction of sp³-hybridized carbons (Fsp3) is 0.231. The lowest BCUT2D eigenvalue weighted by molar-refractivity contribution is 0.0698. The molecule has 1 N–H and O–H groups in total. The number of carbonyl (C=O) groups excluding carboxylic acids is 1. The molecule has 168 valence electrons. The van der Waals surface area contributed by atoms with E-state index in [9.17, 15) is 9.59 Å². The van der Waals surface area contributed by atoms with Crippen LogP contribution in [-0.2, 0) is 6.42 Å². The van der Waals surface area contributed by atoms with Crippen LogP contribution in [0, 0.1) is 6.92 Å². The first-order valence-electron chi connectivity index (χ1n) is 10.7. The SMILES string of the molecule is COc1cc2c(cc1OC)C(c1cc3cccc(C)c3[nH]c1=O)N(C(=O)c1cccs1)CC2. The summed E-state index contributed by atoms with van der Waals surface area (Å²) in [6, 6.07) is 14.8. The number of hydrogen-bond acceptors (Lipinski definition) is 5. The van der Waals surface area contributed by atoms with Gasteiger partial charge in [0.15, 0.2) is 11.5 Å². The quantitative estimate of drug-likeness (QED) is 0.479. The minimum Gasteiger partial charge on any atom is -0.493 e. The van der Waals surface area contributed by atoms with Crippen molar-refractivity contribution in [1.82, 2.24) is 9.88 Å². The van der Waals surface area contributed by atoms with Gasteiger partial charge in [0, 0.05) is 12.1 Å². The molecule has 0 spiro atoms. The van der Waals surface area contributed by atoms with Crippen molar-refractivity contribution in [2.24, 2.45) is 0 Å². The van der Waals surface area contributed by atoms with Crippen molar-refractivity contribution >= 4 is 28.1 Å². The second-order valence-electron chi connectivity index (χ2n) is 8.13. The molecule has 0 bridgehead atoms. The minimum absolute atomic E-state index is 0.0841. The number of methoxy groups -OCH3 is 2. The molecule has 0 saturated carbocycles. The van der Waals surface area contributed by atoms with Crippen LogP contribution in [0.5, 0.6) is 11.5 Å². The largest absolute Gasteiger partial charge is 0.493 e. The van der Waals surface area contributed by atoms with Crippen LogP contribution in [0.25, 0.3) is 10.9 Å². The predicted octanol–water partition coefficient (Wildman–Crippen LogP) is 4.70. The Morgan fingerprint density at radius 1 is 1.06 bits per heavy atom. The molecule has 7 heteroatoms. The molecule has 1 unspecified atom stereocenters. The Morgan fingerprint density at radius 3 is 2.58 bits per heavy atom. The van der Waals surface area contributed by atoms with Crippen molar-refractivity contribution in [2.75, 3.05) is 20.8 Å². The highest BCUT2D eigenvalue weighted by molar-refractivity contribution is 7.12. The number of nitrogens with zero attached hydrogens (tertiary/aromatic N) is 1. The zero-order valence-corrected chi connectivity index (χ0v) is 19.5. The summed E-state index contributed by atoms with van der Waals surface area (Å²) in [4.78, 5) is 32.4. The highest BCUT2D eigenvalue weighted by atomic mass is 32.1. The Bertz CT molecular complexity index is 1410. The van der Waals surface area contributed by atoms with Crippen molar-refractivity contribution in [2.45, 2.75) is 19.4 Å². The lowest BCUT2D eigenvalue weighted by Crippen LogP contribution is -2.42. The van der Waals surface area contributed by atoms with E-state index in [2.05, 4.69) is 4.98 Å². The van der Waals surface area contributed by atoms with Crippen LogP contribution in [0.1, 0.15) is 38.0 Å². The third kappa shape index (κ3) is 3.58. The molecule has 0 aliphatic carbocycles. The van der Waals surface area contributed by atoms with E-state index < -0.39 is 6.04 Å². The Morgan fingerprint density at radius 2 is 1.85 bits per heavy atom. The van der Waals surface area contributed by atoms with Gasteiger partial charge in [0.2, 0.25) is 0 Å². The summed E-state index contributed by atoms with van der Waals surface area (Å²) in [5.74, 6) is 1.12. The number of hydrogen-bond donors (Lipinski definition) is 1. The second-order valence-corrected chi connectivity index (χ2v) is 9.08. The predicted molar refractivity (Wildman–Crippen MR) is 130 cm³/mol. The molecule has 0 fully saturated rings. The molecule has 0 radical (unpaired) electrons. The average Bonchev–Trinajstić information content (AvgIpc) is 3.37. The van der Waals surface area contributed by atoms with E-state index >= 15 is 0 Å². The van der Waals surface area contributed by atoms with Gasteiger partial charge in [-0.25, -0.2) is 0 Å². The number of thiophene rings is 1. The molecule has 1 atom stereocenters. The molecule has 1 aliphatic rings. The number of aromatic nitrogens is 1. The highest BCUT2D eigenvalue weighted by Gasteiger charge is 2.35. The van der Waals surface area contributed by atoms with Gasteiger partial charge in [-0.15, -0.1) is 11.3 Å². The number of rotatable bonds is 4. The van der Waals surface area contributed by atoms with Crippen molar-refractivity contribution < 1.29 is 14.3 Å². The minimum atomic E-state index is -0.545. The van der Waals surface area contributed by atoms with E-state index in [0.29, 0.717) is 34.9 Å². The summed E-state index contributed by atoms with van der Waals surface area (Å²) >= 11 is 1.40. The van der Waals surface area contributed by atoms with E-state index in [1.165, 1.54) is 11.3 Å². The molecule has 3 heterocycles. The smallest absolute Gasteiger partial charge is 0.264 e. The molecule has 33 heavy (non-hydrogen) atoms. The Labute approximate surface area is 195 Å². The van der Waals surface area contributed by atoms with Crippen molar-refractivity contribution in [3.8, 4) is 11.5 Å². The van der Waals surface area contributed by atoms with Gasteiger partial charge in [-0.2, -0.15) is 0 Å². The standard InChI is InChI=1S/C26H24N2O4S/c1-15-6-4-7-17-12-19(25(29)27-23(15)17)24-18-14-21(32-3)20(31-2)13-16(18)9-10-28(24)26(30)22-8-5-11-33-22/h4-8,11-14,24H,9-10H2,1-3H3,(H,27,29). The first-order chi connectivity index (χ1) is 16.0. The fourth-order valence-corrected chi connectivity index (χ4v) is 5.32. The van der Waals surface area contributed by atoms with E-state index in [1.807, 2.05) is 60.8 Å². The van der Waals surface area contributed by atoms with Crippen molar-refractivity contribution in [3.05, 3.63) is 91.4 Å². The molecule has 6 nitrogen and oxygen atoms in total. The first kappa shape index (κ1) is 21.3. The monoisotopic (exact) mass is 460 g/mol. The molecular weight excluding hydrogens is 436 g/mol. The van der Waals surface area contributed by atoms with Gasteiger partial charge in [0.25, 0.3) is 11.5 Å². The van der Waals surface area contributed by atoms with E-state index in [0.717, 1.165) is 27.6 Å². The van der Waals surface area contributed by atoms with E-state index in [1.54, 1.807) is 19.1 Å². The van der Waals surface area contributed by atoms with E-state index in [-0.39, 0.29) is 11.5 Å². The number of carbonyl (C=O) groups is 1. The van der Waals surface area contributed by atoms with Crippen LogP contribution in [0.2, 0.25) is 0 Å². The number of nitrogens with one attached hydrogen (secondary N) is 1. The second kappa shape index (κ2) is 8.41. The molecule has 5 rings (SSSR count). The van der Waals surface area contributed by atoms with Crippen LogP contribution in [0.4, 0.5) is 0 Å². The average molecular weight is 461 g/mol. The molecule has 4 aromatic rings. The van der Waals surface area contributed by atoms with E-state index in [4.69, 9.17) is 9.47 Å². The molecule has 1 amide bonds. The maximum Gasteiger partial charge on any atom is 0.264 e. The number of amides is 1. The number of pyridine rings is 1.